The van der Waals surface area contributed by atoms with Crippen LogP contribution < -0.4 is 5.32 Å². The zero-order valence-corrected chi connectivity index (χ0v) is 18.8. The van der Waals surface area contributed by atoms with Crippen LogP contribution in [0.25, 0.3) is 10.9 Å². The maximum Gasteiger partial charge on any atom is 0.252 e. The lowest BCUT2D eigenvalue weighted by atomic mass is 9.78. The Labute approximate surface area is 183 Å². The second-order valence-electron chi connectivity index (χ2n) is 8.47. The summed E-state index contributed by atoms with van der Waals surface area (Å²) in [5.41, 5.74) is 2.91. The van der Waals surface area contributed by atoms with E-state index in [1.54, 1.807) is 11.8 Å². The quantitative estimate of drug-likeness (QED) is 0.514. The topological polar surface area (TPSA) is 42.0 Å². The van der Waals surface area contributed by atoms with Crippen LogP contribution in [-0.4, -0.2) is 16.9 Å². The van der Waals surface area contributed by atoms with Crippen LogP contribution in [-0.2, 0) is 6.42 Å². The molecular weight excluding hydrogens is 388 g/mol. The molecular formula is C26H30N2OS. The van der Waals surface area contributed by atoms with E-state index >= 15 is 0 Å². The number of carbonyl (C=O) groups is 1. The van der Waals surface area contributed by atoms with Gasteiger partial charge in [-0.1, -0.05) is 75.7 Å². The molecule has 1 aliphatic rings. The molecule has 1 aliphatic carbocycles. The smallest absolute Gasteiger partial charge is 0.252 e. The summed E-state index contributed by atoms with van der Waals surface area (Å²) in [6.45, 7) is 6.72. The third-order valence-electron chi connectivity index (χ3n) is 6.51. The maximum absolute atomic E-state index is 13.3. The number of nitrogens with one attached hydrogen (secondary N) is 1. The van der Waals surface area contributed by atoms with Gasteiger partial charge in [-0.2, -0.15) is 0 Å². The highest BCUT2D eigenvalue weighted by Crippen LogP contribution is 2.32. The van der Waals surface area contributed by atoms with Crippen LogP contribution in [0.2, 0.25) is 0 Å². The molecule has 156 valence electrons. The van der Waals surface area contributed by atoms with E-state index < -0.39 is 0 Å². The number of pyridine rings is 1. The average Bonchev–Trinajstić information content (AvgIpc) is 2.77. The number of carbonyl (C=O) groups excluding carboxylic acids is 1. The third-order valence-corrected chi connectivity index (χ3v) is 7.44. The number of aryl methyl sites for hydroxylation is 1. The number of hydrogen-bond donors (Lipinski definition) is 1. The molecule has 3 nitrogen and oxygen atoms in total. The van der Waals surface area contributed by atoms with Crippen LogP contribution in [0.1, 0.15) is 56.0 Å². The van der Waals surface area contributed by atoms with Crippen molar-refractivity contribution in [3.8, 4) is 0 Å². The van der Waals surface area contributed by atoms with Gasteiger partial charge in [-0.25, -0.2) is 4.98 Å². The van der Waals surface area contributed by atoms with Crippen LogP contribution in [0.5, 0.6) is 0 Å². The van der Waals surface area contributed by atoms with Gasteiger partial charge in [0.25, 0.3) is 5.91 Å². The first-order valence-electron chi connectivity index (χ1n) is 11.0. The average molecular weight is 419 g/mol. The minimum atomic E-state index is 0.0164. The second kappa shape index (κ2) is 9.22. The molecule has 1 N–H and O–H groups in total. The van der Waals surface area contributed by atoms with Gasteiger partial charge in [0, 0.05) is 16.3 Å². The fourth-order valence-corrected chi connectivity index (χ4v) is 5.17. The van der Waals surface area contributed by atoms with Gasteiger partial charge >= 0.3 is 0 Å². The van der Waals surface area contributed by atoms with Crippen molar-refractivity contribution in [1.82, 2.24) is 10.3 Å². The van der Waals surface area contributed by atoms with Crippen molar-refractivity contribution in [2.75, 3.05) is 0 Å². The molecule has 2 aromatic carbocycles. The molecule has 0 saturated heterocycles. The molecule has 1 amide bonds. The van der Waals surface area contributed by atoms with Crippen molar-refractivity contribution in [1.29, 1.82) is 0 Å². The van der Waals surface area contributed by atoms with Crippen molar-refractivity contribution in [2.24, 2.45) is 11.8 Å². The van der Waals surface area contributed by atoms with Crippen molar-refractivity contribution in [3.05, 3.63) is 65.7 Å². The van der Waals surface area contributed by atoms with Crippen LogP contribution in [0, 0.1) is 11.8 Å². The van der Waals surface area contributed by atoms with Gasteiger partial charge in [-0.3, -0.25) is 4.79 Å². The lowest BCUT2D eigenvalue weighted by molar-refractivity contribution is 0.0892. The third kappa shape index (κ3) is 4.54. The van der Waals surface area contributed by atoms with Gasteiger partial charge in [0.2, 0.25) is 0 Å². The number of hydrogen-bond acceptors (Lipinski definition) is 3. The van der Waals surface area contributed by atoms with Crippen molar-refractivity contribution < 1.29 is 4.79 Å². The Balaban J connectivity index is 1.63. The molecule has 1 aromatic heterocycles. The second-order valence-corrected chi connectivity index (χ2v) is 9.57. The number of amides is 1. The first kappa shape index (κ1) is 20.9. The molecule has 1 saturated carbocycles. The summed E-state index contributed by atoms with van der Waals surface area (Å²) in [6.07, 6.45) is 4.53. The predicted molar refractivity (Wildman–Crippen MR) is 125 cm³/mol. The summed E-state index contributed by atoms with van der Waals surface area (Å²) < 4.78 is 0. The Morgan fingerprint density at radius 2 is 1.87 bits per heavy atom. The minimum absolute atomic E-state index is 0.0164. The van der Waals surface area contributed by atoms with Crippen LogP contribution in [0.15, 0.2) is 64.5 Å². The van der Waals surface area contributed by atoms with E-state index in [9.17, 15) is 4.79 Å². The van der Waals surface area contributed by atoms with Crippen LogP contribution in [0.4, 0.5) is 0 Å². The first-order valence-corrected chi connectivity index (χ1v) is 11.8. The highest BCUT2D eigenvalue weighted by atomic mass is 32.2. The Morgan fingerprint density at radius 1 is 1.10 bits per heavy atom. The molecule has 0 unspecified atom stereocenters. The highest BCUT2D eigenvalue weighted by molar-refractivity contribution is 7.99. The lowest BCUT2D eigenvalue weighted by Crippen LogP contribution is -2.43. The first-order chi connectivity index (χ1) is 14.5. The highest BCUT2D eigenvalue weighted by Gasteiger charge is 2.29. The molecule has 0 bridgehead atoms. The zero-order valence-electron chi connectivity index (χ0n) is 18.0. The number of nitrogens with zero attached hydrogens (tertiary/aromatic N) is 1. The molecule has 0 aliphatic heterocycles. The molecule has 3 atom stereocenters. The van der Waals surface area contributed by atoms with E-state index in [1.807, 2.05) is 30.3 Å². The summed E-state index contributed by atoms with van der Waals surface area (Å²) in [7, 11) is 0. The molecule has 4 heteroatoms. The van der Waals surface area contributed by atoms with Crippen molar-refractivity contribution >= 4 is 28.6 Å². The summed E-state index contributed by atoms with van der Waals surface area (Å²) in [5.74, 6) is 1.17. The molecule has 4 rings (SSSR count). The van der Waals surface area contributed by atoms with E-state index in [4.69, 9.17) is 4.98 Å². The van der Waals surface area contributed by atoms with Gasteiger partial charge in [0.05, 0.1) is 11.1 Å². The summed E-state index contributed by atoms with van der Waals surface area (Å²) in [6, 6.07) is 18.7. The van der Waals surface area contributed by atoms with E-state index in [0.717, 1.165) is 39.2 Å². The predicted octanol–water partition coefficient (Wildman–Crippen LogP) is 6.50. The summed E-state index contributed by atoms with van der Waals surface area (Å²) >= 11 is 1.61. The molecule has 0 radical (unpaired) electrons. The fourth-order valence-electron chi connectivity index (χ4n) is 4.34. The van der Waals surface area contributed by atoms with Crippen molar-refractivity contribution in [3.63, 3.8) is 0 Å². The molecule has 1 fully saturated rings. The zero-order chi connectivity index (χ0) is 21.1. The normalized spacial score (nSPS) is 21.5. The Hall–Kier alpha value is -2.33. The number of rotatable bonds is 5. The van der Waals surface area contributed by atoms with E-state index in [1.165, 1.54) is 18.4 Å². The Kier molecular flexibility index (Phi) is 6.43. The minimum Gasteiger partial charge on any atom is -0.349 e. The lowest BCUT2D eigenvalue weighted by Gasteiger charge is -2.34. The van der Waals surface area contributed by atoms with Crippen LogP contribution >= 0.6 is 11.8 Å². The van der Waals surface area contributed by atoms with Gasteiger partial charge in [-0.15, -0.1) is 0 Å². The van der Waals surface area contributed by atoms with E-state index in [-0.39, 0.29) is 11.9 Å². The number of para-hydroxylation sites is 1. The standard InChI is InChI=1S/C26H30N2OS/c1-4-19-12-14-20(15-13-19)30-25-16-22(21-9-5-6-10-24(21)27-25)26(29)28-23-11-7-8-17(2)18(23)3/h5-6,9-10,12-18,23H,4,7-8,11H2,1-3H3,(H,28,29)/t17-,18+,23-/m1/s1. The summed E-state index contributed by atoms with van der Waals surface area (Å²) in [4.78, 5) is 19.3. The molecule has 3 aromatic rings. The van der Waals surface area contributed by atoms with Gasteiger partial charge in [0.15, 0.2) is 0 Å². The van der Waals surface area contributed by atoms with E-state index in [2.05, 4.69) is 50.4 Å². The molecule has 30 heavy (non-hydrogen) atoms. The number of aromatic nitrogens is 1. The van der Waals surface area contributed by atoms with Crippen LogP contribution in [0.3, 0.4) is 0 Å². The SMILES string of the molecule is CCc1ccc(Sc2cc(C(=O)N[C@@H]3CCC[C@@H](C)[C@@H]3C)c3ccccc3n2)cc1. The maximum atomic E-state index is 13.3. The number of fused-ring (bicyclic) bond motifs is 1. The number of benzene rings is 2. The fraction of sp³-hybridized carbons (Fsp3) is 0.385. The van der Waals surface area contributed by atoms with Gasteiger partial charge < -0.3 is 5.32 Å². The van der Waals surface area contributed by atoms with E-state index in [0.29, 0.717) is 11.8 Å². The Morgan fingerprint density at radius 3 is 2.63 bits per heavy atom. The molecule has 0 spiro atoms. The molecule has 1 heterocycles. The Bertz CT molecular complexity index is 1030. The van der Waals surface area contributed by atoms with Crippen molar-refractivity contribution in [2.45, 2.75) is 62.4 Å². The summed E-state index contributed by atoms with van der Waals surface area (Å²) in [5, 5.41) is 5.11. The monoisotopic (exact) mass is 418 g/mol. The largest absolute Gasteiger partial charge is 0.349 e. The van der Waals surface area contributed by atoms with Gasteiger partial charge in [0.1, 0.15) is 5.03 Å². The van der Waals surface area contributed by atoms with Gasteiger partial charge in [-0.05, 0) is 54.5 Å².